The van der Waals surface area contributed by atoms with E-state index in [0.29, 0.717) is 19.3 Å². The van der Waals surface area contributed by atoms with Gasteiger partial charge in [0.1, 0.15) is 6.61 Å². The molecule has 2 unspecified atom stereocenters. The molecule has 0 bridgehead atoms. The van der Waals surface area contributed by atoms with Crippen LogP contribution in [0.1, 0.15) is 181 Å². The number of unbranched alkanes of at least 4 members (excludes halogenated alkanes) is 17. The first-order valence-electron chi connectivity index (χ1n) is 22.2. The number of ether oxygens (including phenoxy) is 3. The minimum Gasteiger partial charge on any atom is -0.477 e. The molecule has 318 valence electrons. The zero-order chi connectivity index (χ0) is 40.7. The highest BCUT2D eigenvalue weighted by Gasteiger charge is 2.31. The van der Waals surface area contributed by atoms with Gasteiger partial charge in [0.25, 0.3) is 0 Å². The lowest BCUT2D eigenvalue weighted by molar-refractivity contribution is -0.887. The average Bonchev–Trinajstić information content (AvgIpc) is 3.14. The lowest BCUT2D eigenvalue weighted by atomic mass is 10.1. The second-order valence-electron chi connectivity index (χ2n) is 15.9. The fraction of sp³-hybridized carbons (Fsp3) is 0.766. The predicted octanol–water partition coefficient (Wildman–Crippen LogP) is 12.0. The summed E-state index contributed by atoms with van der Waals surface area (Å²) in [6.07, 6.45) is 44.4. The van der Waals surface area contributed by atoms with Crippen LogP contribution in [0.25, 0.3) is 0 Å². The Morgan fingerprint density at radius 2 is 1.02 bits per heavy atom. The van der Waals surface area contributed by atoms with Gasteiger partial charge in [-0.15, -0.1) is 0 Å². The van der Waals surface area contributed by atoms with E-state index >= 15 is 0 Å². The predicted molar refractivity (Wildman–Crippen MR) is 229 cm³/mol. The third-order valence-corrected chi connectivity index (χ3v) is 9.74. The maximum absolute atomic E-state index is 12.6. The summed E-state index contributed by atoms with van der Waals surface area (Å²) in [7, 11) is 5.52. The molecule has 0 saturated carbocycles. The van der Waals surface area contributed by atoms with Crippen LogP contribution < -0.4 is 0 Å². The van der Waals surface area contributed by atoms with E-state index in [1.54, 1.807) is 0 Å². The van der Waals surface area contributed by atoms with Gasteiger partial charge in [0, 0.05) is 19.3 Å². The number of allylic oxidation sites excluding steroid dienone is 8. The molecular formula is C47H84NO7+. The Morgan fingerprint density at radius 1 is 0.564 bits per heavy atom. The fourth-order valence-corrected chi connectivity index (χ4v) is 6.32. The van der Waals surface area contributed by atoms with Crippen molar-refractivity contribution < 1.29 is 38.2 Å². The van der Waals surface area contributed by atoms with E-state index in [9.17, 15) is 19.5 Å². The average molecular weight is 775 g/mol. The molecule has 0 aromatic rings. The molecule has 0 saturated heterocycles. The van der Waals surface area contributed by atoms with Crippen molar-refractivity contribution in [1.29, 1.82) is 0 Å². The zero-order valence-corrected chi connectivity index (χ0v) is 36.1. The number of hydrogen-bond acceptors (Lipinski definition) is 6. The van der Waals surface area contributed by atoms with Crippen molar-refractivity contribution in [1.82, 2.24) is 0 Å². The topological polar surface area (TPSA) is 99.1 Å². The highest BCUT2D eigenvalue weighted by molar-refractivity contribution is 5.72. The summed E-state index contributed by atoms with van der Waals surface area (Å²) in [5.41, 5.74) is 0. The van der Waals surface area contributed by atoms with Crippen LogP contribution in [-0.2, 0) is 28.6 Å². The van der Waals surface area contributed by atoms with Crippen LogP contribution in [0.2, 0.25) is 0 Å². The summed E-state index contributed by atoms with van der Waals surface area (Å²) >= 11 is 0. The molecule has 0 fully saturated rings. The van der Waals surface area contributed by atoms with Gasteiger partial charge in [-0.3, -0.25) is 9.59 Å². The van der Waals surface area contributed by atoms with Gasteiger partial charge in [-0.2, -0.15) is 0 Å². The van der Waals surface area contributed by atoms with Crippen molar-refractivity contribution in [3.63, 3.8) is 0 Å². The molecule has 0 aliphatic rings. The standard InChI is InChI=1S/C47H83NO7/c1-6-8-10-12-14-16-17-18-19-20-21-22-23-24-25-26-27-28-30-31-33-35-37-45(49)54-42-43(41-53-40-39-44(47(51)52)48(3,4)5)55-46(50)38-36-34-32-29-15-13-11-9-7-2/h8,10,14,16,18-19,21-22,43-44H,6-7,9,11-13,15,17,20,23-42H2,1-5H3/p+1/b10-8+,16-14+,19-18+,22-21+. The van der Waals surface area contributed by atoms with E-state index in [1.807, 2.05) is 21.1 Å². The van der Waals surface area contributed by atoms with Crippen LogP contribution >= 0.6 is 0 Å². The number of carbonyl (C=O) groups excluding carboxylic acids is 2. The summed E-state index contributed by atoms with van der Waals surface area (Å²) in [4.78, 5) is 36.9. The summed E-state index contributed by atoms with van der Waals surface area (Å²) in [5.74, 6) is -1.48. The molecular weight excluding hydrogens is 691 g/mol. The first-order chi connectivity index (χ1) is 26.6. The molecule has 8 heteroatoms. The van der Waals surface area contributed by atoms with Crippen LogP contribution in [0.4, 0.5) is 0 Å². The number of nitrogens with zero attached hydrogens (tertiary/aromatic N) is 1. The second-order valence-corrected chi connectivity index (χ2v) is 15.9. The summed E-state index contributed by atoms with van der Waals surface area (Å²) in [5, 5.41) is 9.60. The third kappa shape index (κ3) is 36.7. The molecule has 8 nitrogen and oxygen atoms in total. The lowest BCUT2D eigenvalue weighted by Crippen LogP contribution is -2.50. The number of likely N-dealkylation sites (N-methyl/N-ethyl adjacent to an activating group) is 1. The van der Waals surface area contributed by atoms with Crippen LogP contribution in [-0.4, -0.2) is 80.6 Å². The van der Waals surface area contributed by atoms with E-state index in [4.69, 9.17) is 14.2 Å². The molecule has 0 amide bonds. The Morgan fingerprint density at radius 3 is 1.51 bits per heavy atom. The van der Waals surface area contributed by atoms with Gasteiger partial charge in [-0.1, -0.05) is 159 Å². The number of quaternary nitrogens is 1. The molecule has 0 heterocycles. The Bertz CT molecular complexity index is 1040. The van der Waals surface area contributed by atoms with Gasteiger partial charge < -0.3 is 23.8 Å². The minimum absolute atomic E-state index is 0.0533. The number of carboxylic acids is 1. The number of carbonyl (C=O) groups is 3. The first-order valence-corrected chi connectivity index (χ1v) is 22.2. The van der Waals surface area contributed by atoms with Crippen LogP contribution in [0, 0.1) is 0 Å². The van der Waals surface area contributed by atoms with Crippen molar-refractivity contribution in [3.05, 3.63) is 48.6 Å². The van der Waals surface area contributed by atoms with Crippen molar-refractivity contribution in [2.24, 2.45) is 0 Å². The normalized spacial score (nSPS) is 13.4. The smallest absolute Gasteiger partial charge is 0.362 e. The monoisotopic (exact) mass is 775 g/mol. The molecule has 2 atom stereocenters. The second kappa shape index (κ2) is 38.2. The highest BCUT2D eigenvalue weighted by atomic mass is 16.6. The number of hydrogen-bond donors (Lipinski definition) is 1. The highest BCUT2D eigenvalue weighted by Crippen LogP contribution is 2.14. The summed E-state index contributed by atoms with van der Waals surface area (Å²) in [6.45, 7) is 4.60. The van der Waals surface area contributed by atoms with E-state index < -0.39 is 18.1 Å². The molecule has 0 aliphatic heterocycles. The Kier molecular flexibility index (Phi) is 36.3. The lowest BCUT2D eigenvalue weighted by Gasteiger charge is -2.31. The SMILES string of the molecule is CC/C=C/C/C=C/C/C=C/C/C=C/CCCCCCCCCCCC(=O)OCC(COCCC(C(=O)O)[N+](C)(C)C)OC(=O)CCCCCCCCCCC. The Hall–Kier alpha value is -2.71. The fourth-order valence-electron chi connectivity index (χ4n) is 6.32. The number of rotatable bonds is 39. The quantitative estimate of drug-likeness (QED) is 0.0287. The van der Waals surface area contributed by atoms with Crippen LogP contribution in [0.5, 0.6) is 0 Å². The Balaban J connectivity index is 4.21. The molecule has 0 aromatic heterocycles. The minimum atomic E-state index is -0.877. The maximum atomic E-state index is 12.6. The summed E-state index contributed by atoms with van der Waals surface area (Å²) < 4.78 is 17.2. The van der Waals surface area contributed by atoms with Gasteiger partial charge >= 0.3 is 17.9 Å². The molecule has 0 rings (SSSR count). The number of aliphatic carboxylic acids is 1. The van der Waals surface area contributed by atoms with E-state index in [-0.39, 0.29) is 36.2 Å². The van der Waals surface area contributed by atoms with Gasteiger partial charge in [0.15, 0.2) is 12.1 Å². The van der Waals surface area contributed by atoms with E-state index in [2.05, 4.69) is 62.5 Å². The number of esters is 2. The van der Waals surface area contributed by atoms with E-state index in [1.165, 1.54) is 77.0 Å². The first kappa shape index (κ1) is 52.3. The Labute approximate surface area is 337 Å². The molecule has 0 aromatic carbocycles. The van der Waals surface area contributed by atoms with Gasteiger partial charge in [0.2, 0.25) is 0 Å². The summed E-state index contributed by atoms with van der Waals surface area (Å²) in [6, 6.07) is -0.613. The van der Waals surface area contributed by atoms with Crippen molar-refractivity contribution in [2.45, 2.75) is 193 Å². The van der Waals surface area contributed by atoms with Gasteiger partial charge in [-0.05, 0) is 51.4 Å². The van der Waals surface area contributed by atoms with Gasteiger partial charge in [-0.25, -0.2) is 4.79 Å². The third-order valence-electron chi connectivity index (χ3n) is 9.74. The van der Waals surface area contributed by atoms with Gasteiger partial charge in [0.05, 0.1) is 34.4 Å². The largest absolute Gasteiger partial charge is 0.477 e. The van der Waals surface area contributed by atoms with Crippen molar-refractivity contribution >= 4 is 17.9 Å². The maximum Gasteiger partial charge on any atom is 0.362 e. The molecule has 1 N–H and O–H groups in total. The van der Waals surface area contributed by atoms with Crippen molar-refractivity contribution in [2.75, 3.05) is 41.0 Å². The number of carboxylic acid groups (broad SMARTS) is 1. The van der Waals surface area contributed by atoms with Crippen LogP contribution in [0.3, 0.4) is 0 Å². The zero-order valence-electron chi connectivity index (χ0n) is 36.1. The molecule has 0 aliphatic carbocycles. The molecule has 0 spiro atoms. The van der Waals surface area contributed by atoms with E-state index in [0.717, 1.165) is 70.6 Å². The van der Waals surface area contributed by atoms with Crippen LogP contribution in [0.15, 0.2) is 48.6 Å². The van der Waals surface area contributed by atoms with Crippen molar-refractivity contribution in [3.8, 4) is 0 Å². The molecule has 55 heavy (non-hydrogen) atoms. The molecule has 0 radical (unpaired) electrons.